The average molecular weight is 419 g/mol. The number of amides is 1. The van der Waals surface area contributed by atoms with Crippen LogP contribution in [0.4, 0.5) is 5.69 Å². The van der Waals surface area contributed by atoms with Crippen molar-refractivity contribution in [2.45, 2.75) is 44.1 Å². The molecule has 2 aromatic rings. The van der Waals surface area contributed by atoms with Crippen LogP contribution in [0.3, 0.4) is 0 Å². The number of carbonyl (C=O) groups is 2. The number of nitrogens with zero attached hydrogens (tertiary/aromatic N) is 2. The Morgan fingerprint density at radius 3 is 2.23 bits per heavy atom. The molecule has 4 rings (SSSR count). The van der Waals surface area contributed by atoms with E-state index in [2.05, 4.69) is 12.1 Å². The Balaban J connectivity index is 1.76. The Bertz CT molecular complexity index is 1000. The van der Waals surface area contributed by atoms with Gasteiger partial charge in [0.1, 0.15) is 0 Å². The van der Waals surface area contributed by atoms with Gasteiger partial charge in [-0.25, -0.2) is 0 Å². The van der Waals surface area contributed by atoms with Crippen molar-refractivity contribution in [2.24, 2.45) is 0 Å². The fourth-order valence-corrected chi connectivity index (χ4v) is 5.19. The first-order valence-corrected chi connectivity index (χ1v) is 10.9. The van der Waals surface area contributed by atoms with Crippen molar-refractivity contribution in [1.29, 1.82) is 0 Å². The van der Waals surface area contributed by atoms with Gasteiger partial charge in [0.2, 0.25) is 0 Å². The molecule has 1 atom stereocenters. The number of aliphatic hydroxyl groups is 1. The zero-order chi connectivity index (χ0) is 22.2. The standard InChI is InChI=1S/C26H30N2O3/c1-18(29)22-23(19-11-13-21(14-12-19)27(2)3)28(25(31)24(22)30)17-26(15-7-8-16-26)20-9-5-4-6-10-20/h4-6,9-14,23,30H,7-8,15-17H2,1-3H3. The lowest BCUT2D eigenvalue weighted by atomic mass is 9.78. The topological polar surface area (TPSA) is 60.9 Å². The molecule has 5 nitrogen and oxygen atoms in total. The van der Waals surface area contributed by atoms with Crippen LogP contribution in [0, 0.1) is 0 Å². The van der Waals surface area contributed by atoms with E-state index in [0.717, 1.165) is 36.9 Å². The lowest BCUT2D eigenvalue weighted by Crippen LogP contribution is -2.42. The molecule has 0 saturated heterocycles. The van der Waals surface area contributed by atoms with Gasteiger partial charge in [-0.15, -0.1) is 0 Å². The van der Waals surface area contributed by atoms with Crippen LogP contribution in [0.25, 0.3) is 0 Å². The van der Waals surface area contributed by atoms with E-state index in [1.54, 1.807) is 4.90 Å². The smallest absolute Gasteiger partial charge is 0.290 e. The third kappa shape index (κ3) is 3.73. The van der Waals surface area contributed by atoms with Gasteiger partial charge in [-0.2, -0.15) is 0 Å². The third-order valence-electron chi connectivity index (χ3n) is 6.83. The number of hydrogen-bond donors (Lipinski definition) is 1. The lowest BCUT2D eigenvalue weighted by Gasteiger charge is -2.37. The predicted molar refractivity (Wildman–Crippen MR) is 122 cm³/mol. The van der Waals surface area contributed by atoms with Crippen LogP contribution in [0.2, 0.25) is 0 Å². The van der Waals surface area contributed by atoms with Crippen LogP contribution >= 0.6 is 0 Å². The summed E-state index contributed by atoms with van der Waals surface area (Å²) in [6, 6.07) is 17.6. The Kier molecular flexibility index (Phi) is 5.61. The number of ketones is 1. The van der Waals surface area contributed by atoms with Crippen LogP contribution in [-0.4, -0.2) is 42.3 Å². The molecule has 2 aromatic carbocycles. The average Bonchev–Trinajstić information content (AvgIpc) is 3.34. The van der Waals surface area contributed by atoms with Gasteiger partial charge >= 0.3 is 0 Å². The molecule has 1 aliphatic carbocycles. The zero-order valence-corrected chi connectivity index (χ0v) is 18.5. The summed E-state index contributed by atoms with van der Waals surface area (Å²) in [5.74, 6) is -1.13. The van der Waals surface area contributed by atoms with E-state index in [4.69, 9.17) is 0 Å². The van der Waals surface area contributed by atoms with Crippen LogP contribution in [-0.2, 0) is 15.0 Å². The molecule has 1 heterocycles. The zero-order valence-electron chi connectivity index (χ0n) is 18.5. The summed E-state index contributed by atoms with van der Waals surface area (Å²) in [5.41, 5.74) is 3.13. The van der Waals surface area contributed by atoms with Gasteiger partial charge in [-0.3, -0.25) is 9.59 Å². The number of anilines is 1. The van der Waals surface area contributed by atoms with Crippen molar-refractivity contribution < 1.29 is 14.7 Å². The fourth-order valence-electron chi connectivity index (χ4n) is 5.19. The van der Waals surface area contributed by atoms with Gasteiger partial charge in [-0.05, 0) is 43.0 Å². The van der Waals surface area contributed by atoms with Gasteiger partial charge in [0.15, 0.2) is 11.5 Å². The minimum absolute atomic E-state index is 0.161. The summed E-state index contributed by atoms with van der Waals surface area (Å²) in [4.78, 5) is 29.4. The highest BCUT2D eigenvalue weighted by molar-refractivity contribution is 6.08. The quantitative estimate of drug-likeness (QED) is 0.748. The molecule has 1 saturated carbocycles. The highest BCUT2D eigenvalue weighted by atomic mass is 16.3. The molecule has 2 aliphatic rings. The number of rotatable bonds is 6. The fraction of sp³-hybridized carbons (Fsp3) is 0.385. The maximum Gasteiger partial charge on any atom is 0.290 e. The molecule has 1 amide bonds. The van der Waals surface area contributed by atoms with E-state index in [1.165, 1.54) is 12.5 Å². The lowest BCUT2D eigenvalue weighted by molar-refractivity contribution is -0.130. The van der Waals surface area contributed by atoms with Crippen molar-refractivity contribution >= 4 is 17.4 Å². The van der Waals surface area contributed by atoms with Gasteiger partial charge < -0.3 is 14.9 Å². The van der Waals surface area contributed by atoms with Crippen LogP contribution in [0.5, 0.6) is 0 Å². The van der Waals surface area contributed by atoms with E-state index >= 15 is 0 Å². The molecule has 1 unspecified atom stereocenters. The highest BCUT2D eigenvalue weighted by Gasteiger charge is 2.47. The number of benzene rings is 2. The molecule has 1 N–H and O–H groups in total. The van der Waals surface area contributed by atoms with Gasteiger partial charge in [-0.1, -0.05) is 55.3 Å². The first kappa shape index (κ1) is 21.2. The molecular weight excluding hydrogens is 388 g/mol. The molecule has 31 heavy (non-hydrogen) atoms. The molecule has 5 heteroatoms. The van der Waals surface area contributed by atoms with Crippen molar-refractivity contribution in [3.8, 4) is 0 Å². The van der Waals surface area contributed by atoms with Crippen LogP contribution in [0.15, 0.2) is 65.9 Å². The summed E-state index contributed by atoms with van der Waals surface area (Å²) >= 11 is 0. The molecule has 162 valence electrons. The molecule has 1 aliphatic heterocycles. The molecule has 0 radical (unpaired) electrons. The van der Waals surface area contributed by atoms with E-state index in [1.807, 2.05) is 61.5 Å². The van der Waals surface area contributed by atoms with Crippen molar-refractivity contribution in [1.82, 2.24) is 4.90 Å². The Morgan fingerprint density at radius 2 is 1.68 bits per heavy atom. The van der Waals surface area contributed by atoms with Crippen LogP contribution in [0.1, 0.15) is 49.8 Å². The highest BCUT2D eigenvalue weighted by Crippen LogP contribution is 2.46. The molecule has 0 bridgehead atoms. The first-order chi connectivity index (χ1) is 14.8. The Morgan fingerprint density at radius 1 is 1.06 bits per heavy atom. The normalized spacial score (nSPS) is 20.4. The molecule has 0 aromatic heterocycles. The largest absolute Gasteiger partial charge is 0.503 e. The number of aliphatic hydroxyl groups excluding tert-OH is 1. The predicted octanol–water partition coefficient (Wildman–Crippen LogP) is 4.55. The van der Waals surface area contributed by atoms with Gasteiger partial charge in [0.05, 0.1) is 11.6 Å². The molecule has 0 spiro atoms. The van der Waals surface area contributed by atoms with Gasteiger partial charge in [0.25, 0.3) is 5.91 Å². The third-order valence-corrected chi connectivity index (χ3v) is 6.83. The second-order valence-corrected chi connectivity index (χ2v) is 8.99. The summed E-state index contributed by atoms with van der Waals surface area (Å²) < 4.78 is 0. The summed E-state index contributed by atoms with van der Waals surface area (Å²) in [6.07, 6.45) is 4.20. The Hall–Kier alpha value is -3.08. The first-order valence-electron chi connectivity index (χ1n) is 10.9. The van der Waals surface area contributed by atoms with Crippen molar-refractivity contribution in [2.75, 3.05) is 25.5 Å². The maximum atomic E-state index is 13.2. The van der Waals surface area contributed by atoms with Gasteiger partial charge in [0, 0.05) is 31.7 Å². The minimum Gasteiger partial charge on any atom is -0.503 e. The summed E-state index contributed by atoms with van der Waals surface area (Å²) in [6.45, 7) is 1.91. The minimum atomic E-state index is -0.567. The van der Waals surface area contributed by atoms with Crippen molar-refractivity contribution in [3.05, 3.63) is 77.1 Å². The maximum absolute atomic E-state index is 13.2. The van der Waals surface area contributed by atoms with Crippen LogP contribution < -0.4 is 4.90 Å². The second kappa shape index (κ2) is 8.22. The number of carbonyl (C=O) groups excluding carboxylic acids is 2. The summed E-state index contributed by atoms with van der Waals surface area (Å²) in [5, 5.41) is 10.7. The molecular formula is C26H30N2O3. The van der Waals surface area contributed by atoms with E-state index in [-0.39, 0.29) is 16.8 Å². The SMILES string of the molecule is CC(=O)C1=C(O)C(=O)N(CC2(c3ccccc3)CCCC2)C1c1ccc(N(C)C)cc1. The monoisotopic (exact) mass is 418 g/mol. The van der Waals surface area contributed by atoms with Crippen molar-refractivity contribution in [3.63, 3.8) is 0 Å². The summed E-state index contributed by atoms with van der Waals surface area (Å²) in [7, 11) is 3.94. The number of Topliss-reactive ketones (excluding diaryl/α,β-unsaturated/α-hetero) is 1. The Labute approximate surface area is 184 Å². The van der Waals surface area contributed by atoms with E-state index in [0.29, 0.717) is 6.54 Å². The molecule has 1 fully saturated rings. The second-order valence-electron chi connectivity index (χ2n) is 8.99. The van der Waals surface area contributed by atoms with E-state index in [9.17, 15) is 14.7 Å². The van der Waals surface area contributed by atoms with E-state index < -0.39 is 17.7 Å². The number of hydrogen-bond acceptors (Lipinski definition) is 4.